The predicted octanol–water partition coefficient (Wildman–Crippen LogP) is 5.47. The molecule has 1 amide bonds. The fraction of sp³-hybridized carbons (Fsp3) is 0.100. The Morgan fingerprint density at radius 1 is 1.24 bits per heavy atom. The monoisotopic (exact) mass is 622 g/mol. The van der Waals surface area contributed by atoms with Crippen molar-refractivity contribution < 1.29 is 22.7 Å². The summed E-state index contributed by atoms with van der Waals surface area (Å²) < 4.78 is 45.3. The zero-order valence-electron chi connectivity index (χ0n) is 14.5. The van der Waals surface area contributed by atoms with E-state index in [4.69, 9.17) is 11.2 Å². The van der Waals surface area contributed by atoms with Gasteiger partial charge in [0.2, 0.25) is 0 Å². The summed E-state index contributed by atoms with van der Waals surface area (Å²) in [5.74, 6) is 2.15. The first-order valence-corrected chi connectivity index (χ1v) is 9.97. The van der Waals surface area contributed by atoms with Crippen molar-refractivity contribution in [2.45, 2.75) is 6.18 Å². The van der Waals surface area contributed by atoms with Gasteiger partial charge in [-0.15, -0.1) is 6.42 Å². The standard InChI is InChI=1S/C20H11F3I2N2O2/c1-2-6-29-18-16(24)8-12(9-17(18)25)7-13(11-26)19(28)27-15-5-3-4-14(10-15)20(21,22)23/h1,3-5,7-10H,6H2,(H,27,28)/b13-7-. The number of ether oxygens (including phenoxy) is 1. The van der Waals surface area contributed by atoms with E-state index in [0.29, 0.717) is 11.3 Å². The van der Waals surface area contributed by atoms with Crippen LogP contribution < -0.4 is 10.1 Å². The van der Waals surface area contributed by atoms with Crippen molar-refractivity contribution in [1.82, 2.24) is 0 Å². The lowest BCUT2D eigenvalue weighted by atomic mass is 10.1. The molecule has 0 saturated carbocycles. The van der Waals surface area contributed by atoms with Crippen LogP contribution in [0, 0.1) is 30.8 Å². The molecular weight excluding hydrogens is 611 g/mol. The topological polar surface area (TPSA) is 62.1 Å². The van der Waals surface area contributed by atoms with Crippen LogP contribution in [0.2, 0.25) is 0 Å². The summed E-state index contributed by atoms with van der Waals surface area (Å²) in [6.45, 7) is 0.101. The Bertz CT molecular complexity index is 1030. The van der Waals surface area contributed by atoms with E-state index in [1.807, 2.05) is 45.2 Å². The van der Waals surface area contributed by atoms with Gasteiger partial charge in [-0.1, -0.05) is 12.0 Å². The van der Waals surface area contributed by atoms with E-state index in [9.17, 15) is 23.2 Å². The van der Waals surface area contributed by atoms with Crippen LogP contribution in [0.15, 0.2) is 42.0 Å². The summed E-state index contributed by atoms with van der Waals surface area (Å²) in [4.78, 5) is 12.4. The minimum atomic E-state index is -4.54. The van der Waals surface area contributed by atoms with Gasteiger partial charge in [-0.2, -0.15) is 18.4 Å². The van der Waals surface area contributed by atoms with E-state index in [2.05, 4.69) is 11.2 Å². The molecule has 0 atom stereocenters. The first-order chi connectivity index (χ1) is 13.7. The average molecular weight is 622 g/mol. The maximum absolute atomic E-state index is 12.8. The van der Waals surface area contributed by atoms with Crippen LogP contribution in [-0.4, -0.2) is 12.5 Å². The molecule has 0 radical (unpaired) electrons. The number of nitrogens with one attached hydrogen (secondary N) is 1. The lowest BCUT2D eigenvalue weighted by molar-refractivity contribution is -0.137. The first kappa shape index (κ1) is 23.0. The van der Waals surface area contributed by atoms with Gasteiger partial charge in [0.15, 0.2) is 0 Å². The summed E-state index contributed by atoms with van der Waals surface area (Å²) in [6.07, 6.45) is 2.00. The number of nitriles is 1. The van der Waals surface area contributed by atoms with Crippen molar-refractivity contribution in [1.29, 1.82) is 5.26 Å². The largest absolute Gasteiger partial charge is 0.479 e. The molecular formula is C20H11F3I2N2O2. The van der Waals surface area contributed by atoms with Crippen LogP contribution in [0.3, 0.4) is 0 Å². The molecule has 29 heavy (non-hydrogen) atoms. The second kappa shape index (κ2) is 9.98. The van der Waals surface area contributed by atoms with Gasteiger partial charge in [0.25, 0.3) is 5.91 Å². The molecule has 0 spiro atoms. The Morgan fingerprint density at radius 2 is 1.90 bits per heavy atom. The molecule has 0 saturated heterocycles. The third-order valence-corrected chi connectivity index (χ3v) is 5.05. The molecule has 0 aliphatic heterocycles. The number of carbonyl (C=O) groups is 1. The molecule has 2 aromatic carbocycles. The van der Waals surface area contributed by atoms with Gasteiger partial charge in [-0.05, 0) is 87.2 Å². The van der Waals surface area contributed by atoms with E-state index in [1.165, 1.54) is 18.2 Å². The minimum absolute atomic E-state index is 0.0619. The predicted molar refractivity (Wildman–Crippen MR) is 120 cm³/mol. The number of anilines is 1. The number of hydrogen-bond donors (Lipinski definition) is 1. The fourth-order valence-electron chi connectivity index (χ4n) is 2.20. The van der Waals surface area contributed by atoms with Gasteiger partial charge in [-0.25, -0.2) is 0 Å². The zero-order valence-corrected chi connectivity index (χ0v) is 18.8. The molecule has 0 aromatic heterocycles. The number of carbonyl (C=O) groups excluding carboxylic acids is 1. The molecule has 2 rings (SSSR count). The lowest BCUT2D eigenvalue weighted by Crippen LogP contribution is -2.14. The van der Waals surface area contributed by atoms with Crippen molar-refractivity contribution in [3.05, 3.63) is 60.2 Å². The molecule has 0 heterocycles. The van der Waals surface area contributed by atoms with Crippen molar-refractivity contribution in [2.24, 2.45) is 0 Å². The molecule has 0 fully saturated rings. The quantitative estimate of drug-likeness (QED) is 0.208. The van der Waals surface area contributed by atoms with E-state index >= 15 is 0 Å². The van der Waals surface area contributed by atoms with Crippen molar-refractivity contribution in [3.63, 3.8) is 0 Å². The number of alkyl halides is 3. The fourth-order valence-corrected chi connectivity index (χ4v) is 4.33. The molecule has 9 heteroatoms. The Kier molecular flexibility index (Phi) is 7.93. The zero-order chi connectivity index (χ0) is 21.6. The summed E-state index contributed by atoms with van der Waals surface area (Å²) >= 11 is 4.08. The van der Waals surface area contributed by atoms with Gasteiger partial charge in [0.1, 0.15) is 24.0 Å². The van der Waals surface area contributed by atoms with Crippen LogP contribution in [0.25, 0.3) is 6.08 Å². The number of terminal acetylenes is 1. The lowest BCUT2D eigenvalue weighted by Gasteiger charge is -2.10. The highest BCUT2D eigenvalue weighted by molar-refractivity contribution is 14.1. The third kappa shape index (κ3) is 6.37. The Morgan fingerprint density at radius 3 is 2.45 bits per heavy atom. The first-order valence-electron chi connectivity index (χ1n) is 7.81. The molecule has 148 valence electrons. The second-order valence-electron chi connectivity index (χ2n) is 5.51. The van der Waals surface area contributed by atoms with E-state index < -0.39 is 17.6 Å². The van der Waals surface area contributed by atoms with Crippen LogP contribution in [0.5, 0.6) is 5.75 Å². The smallest absolute Gasteiger partial charge is 0.416 e. The molecule has 0 aliphatic rings. The SMILES string of the molecule is C#CCOc1c(I)cc(/C=C(/C#N)C(=O)Nc2cccc(C(F)(F)F)c2)cc1I. The number of amides is 1. The van der Waals surface area contributed by atoms with Crippen LogP contribution in [-0.2, 0) is 11.0 Å². The maximum Gasteiger partial charge on any atom is 0.416 e. The molecule has 4 nitrogen and oxygen atoms in total. The van der Waals surface area contributed by atoms with Crippen LogP contribution in [0.1, 0.15) is 11.1 Å². The van der Waals surface area contributed by atoms with Gasteiger partial charge in [-0.3, -0.25) is 4.79 Å². The number of nitrogens with zero attached hydrogens (tertiary/aromatic N) is 1. The van der Waals surface area contributed by atoms with Crippen molar-refractivity contribution in [3.8, 4) is 24.2 Å². The summed E-state index contributed by atoms with van der Waals surface area (Å²) in [5, 5.41) is 11.6. The highest BCUT2D eigenvalue weighted by Gasteiger charge is 2.30. The number of hydrogen-bond acceptors (Lipinski definition) is 3. The van der Waals surface area contributed by atoms with E-state index in [-0.39, 0.29) is 17.9 Å². The second-order valence-corrected chi connectivity index (χ2v) is 7.83. The summed E-state index contributed by atoms with van der Waals surface area (Å²) in [5.41, 5.74) is -0.661. The maximum atomic E-state index is 12.8. The van der Waals surface area contributed by atoms with Gasteiger partial charge in [0.05, 0.1) is 12.7 Å². The summed E-state index contributed by atoms with van der Waals surface area (Å²) in [6, 6.07) is 9.34. The Hall–Kier alpha value is -2.25. The Balaban J connectivity index is 2.27. The van der Waals surface area contributed by atoms with Gasteiger partial charge >= 0.3 is 6.18 Å². The van der Waals surface area contributed by atoms with Gasteiger partial charge < -0.3 is 10.1 Å². The van der Waals surface area contributed by atoms with Crippen molar-refractivity contribution in [2.75, 3.05) is 11.9 Å². The minimum Gasteiger partial charge on any atom is -0.479 e. The van der Waals surface area contributed by atoms with E-state index in [1.54, 1.807) is 18.2 Å². The average Bonchev–Trinajstić information content (AvgIpc) is 2.65. The number of benzene rings is 2. The number of rotatable bonds is 5. The Labute approximate surface area is 192 Å². The highest BCUT2D eigenvalue weighted by Crippen LogP contribution is 2.31. The molecule has 2 aromatic rings. The third-order valence-electron chi connectivity index (χ3n) is 3.44. The molecule has 0 unspecified atom stereocenters. The number of halogens is 5. The summed E-state index contributed by atoms with van der Waals surface area (Å²) in [7, 11) is 0. The van der Waals surface area contributed by atoms with Crippen molar-refractivity contribution >= 4 is 62.9 Å². The molecule has 0 bridgehead atoms. The molecule has 1 N–H and O–H groups in total. The highest BCUT2D eigenvalue weighted by atomic mass is 127. The van der Waals surface area contributed by atoms with Gasteiger partial charge in [0, 0.05) is 5.69 Å². The normalized spacial score (nSPS) is 11.3. The van der Waals surface area contributed by atoms with Crippen LogP contribution in [0.4, 0.5) is 18.9 Å². The van der Waals surface area contributed by atoms with Crippen LogP contribution >= 0.6 is 45.2 Å². The van der Waals surface area contributed by atoms with E-state index in [0.717, 1.165) is 19.3 Å². The molecule has 0 aliphatic carbocycles.